The number of hydrogen-bond acceptors (Lipinski definition) is 0. The molecule has 0 saturated heterocycles. The molecule has 0 amide bonds. The number of aromatic nitrogens is 1. The van der Waals surface area contributed by atoms with Crippen molar-refractivity contribution in [1.29, 1.82) is 0 Å². The third-order valence-corrected chi connectivity index (χ3v) is 12.3. The molecule has 0 spiro atoms. The van der Waals surface area contributed by atoms with Crippen LogP contribution < -0.4 is 0 Å². The van der Waals surface area contributed by atoms with E-state index < -0.39 is 0 Å². The second kappa shape index (κ2) is 14.2. The molecule has 0 saturated carbocycles. The van der Waals surface area contributed by atoms with Crippen LogP contribution in [0.1, 0.15) is 73.5 Å². The number of fused-ring (bicyclic) bond motifs is 6. The summed E-state index contributed by atoms with van der Waals surface area (Å²) in [5.41, 5.74) is 22.1. The van der Waals surface area contributed by atoms with Crippen LogP contribution in [-0.4, -0.2) is 4.57 Å². The van der Waals surface area contributed by atoms with Crippen molar-refractivity contribution in [3.8, 4) is 55.6 Å². The van der Waals surface area contributed by atoms with Gasteiger partial charge >= 0.3 is 0 Å². The summed E-state index contributed by atoms with van der Waals surface area (Å²) in [6.45, 7) is 15.5. The van der Waals surface area contributed by atoms with Crippen molar-refractivity contribution in [3.05, 3.63) is 192 Å². The summed E-state index contributed by atoms with van der Waals surface area (Å²) in [6.07, 6.45) is 16.9. The number of aryl methyl sites for hydroxylation is 2. The lowest BCUT2D eigenvalue weighted by Crippen LogP contribution is -2.14. The molecular weight excluding hydrogens is 675 g/mol. The highest BCUT2D eigenvalue weighted by Gasteiger charge is 2.35. The van der Waals surface area contributed by atoms with Crippen LogP contribution in [0.15, 0.2) is 158 Å². The first-order valence-corrected chi connectivity index (χ1v) is 20.1. The Balaban J connectivity index is 1.23. The van der Waals surface area contributed by atoms with E-state index in [1.807, 2.05) is 12.2 Å². The zero-order valence-corrected chi connectivity index (χ0v) is 33.2. The fourth-order valence-electron chi connectivity index (χ4n) is 9.38. The van der Waals surface area contributed by atoms with Gasteiger partial charge in [0.25, 0.3) is 0 Å². The molecule has 9 rings (SSSR count). The summed E-state index contributed by atoms with van der Waals surface area (Å²) in [5.74, 6) is 0.353. The summed E-state index contributed by atoms with van der Waals surface area (Å²) < 4.78 is 2.38. The zero-order chi connectivity index (χ0) is 38.6. The maximum atomic E-state index is 3.85. The predicted octanol–water partition coefficient (Wildman–Crippen LogP) is 15.2. The summed E-state index contributed by atoms with van der Waals surface area (Å²) in [4.78, 5) is 0. The number of hydrogen-bond donors (Lipinski definition) is 0. The van der Waals surface area contributed by atoms with Gasteiger partial charge in [0.15, 0.2) is 0 Å². The van der Waals surface area contributed by atoms with Crippen LogP contribution in [0.25, 0.3) is 78.8 Å². The molecule has 0 aliphatic heterocycles. The molecule has 2 aliphatic carbocycles. The Kier molecular flexibility index (Phi) is 8.98. The van der Waals surface area contributed by atoms with Gasteiger partial charge in [-0.05, 0) is 146 Å². The van der Waals surface area contributed by atoms with E-state index in [4.69, 9.17) is 0 Å². The second-order valence-corrected chi connectivity index (χ2v) is 16.3. The SMILES string of the molecule is C=C/C=C\C=C/n1c2c(c3cc(C(C)C)c(-c4ccccc4-c4ccc(-c5ccc6c(c5)C(C)(C)c5ccccc5-6)c(-c5ccccc5C)c4)cc31)CCC=C2. The Labute approximate surface area is 332 Å². The van der Waals surface area contributed by atoms with Crippen molar-refractivity contribution in [2.24, 2.45) is 0 Å². The first-order valence-electron chi connectivity index (χ1n) is 20.1. The maximum absolute atomic E-state index is 3.85. The average molecular weight is 724 g/mol. The van der Waals surface area contributed by atoms with E-state index in [1.54, 1.807) is 0 Å². The number of allylic oxidation sites excluding steroid dienone is 5. The number of benzene rings is 6. The van der Waals surface area contributed by atoms with Gasteiger partial charge in [0.05, 0.1) is 5.52 Å². The van der Waals surface area contributed by atoms with Crippen molar-refractivity contribution in [2.45, 2.75) is 58.8 Å². The zero-order valence-electron chi connectivity index (χ0n) is 33.2. The molecule has 0 atom stereocenters. The van der Waals surface area contributed by atoms with Gasteiger partial charge < -0.3 is 4.57 Å². The number of rotatable bonds is 8. The summed E-state index contributed by atoms with van der Waals surface area (Å²) in [5, 5.41) is 1.36. The maximum Gasteiger partial charge on any atom is 0.0537 e. The second-order valence-electron chi connectivity index (χ2n) is 16.3. The van der Waals surface area contributed by atoms with E-state index in [2.05, 4.69) is 198 Å². The molecule has 0 bridgehead atoms. The van der Waals surface area contributed by atoms with E-state index in [-0.39, 0.29) is 5.41 Å². The minimum absolute atomic E-state index is 0.0631. The fourth-order valence-corrected chi connectivity index (χ4v) is 9.38. The molecule has 1 nitrogen and oxygen atoms in total. The highest BCUT2D eigenvalue weighted by Crippen LogP contribution is 2.51. The minimum Gasteiger partial charge on any atom is -0.316 e. The lowest BCUT2D eigenvalue weighted by molar-refractivity contribution is 0.660. The molecule has 0 N–H and O–H groups in total. The molecule has 1 heteroatoms. The van der Waals surface area contributed by atoms with Crippen molar-refractivity contribution < 1.29 is 0 Å². The molecule has 1 heterocycles. The van der Waals surface area contributed by atoms with E-state index in [0.29, 0.717) is 5.92 Å². The highest BCUT2D eigenvalue weighted by molar-refractivity contribution is 5.98. The molecular formula is C55H49N. The van der Waals surface area contributed by atoms with Crippen LogP contribution in [0.5, 0.6) is 0 Å². The summed E-state index contributed by atoms with van der Waals surface area (Å²) >= 11 is 0. The molecule has 1 aromatic heterocycles. The molecule has 274 valence electrons. The first kappa shape index (κ1) is 35.5. The van der Waals surface area contributed by atoms with Gasteiger partial charge in [0.2, 0.25) is 0 Å². The van der Waals surface area contributed by atoms with Crippen LogP contribution in [0.3, 0.4) is 0 Å². The standard InChI is InChI=1S/C55H49N/c1-7-8-9-18-31-56-53-26-17-15-24-46(53)50-34-47(36(2)3)49(35-54(50)56)43-22-13-12-21-41(43)38-27-29-42(48(32-38)40-20-11-10-19-37(40)4)39-28-30-45-44-23-14-16-25-51(44)55(5,6)52(45)33-39/h7-14,16-23,25-36H,1,15,24H2,2-6H3/b9-8-,31-18-. The third-order valence-electron chi connectivity index (χ3n) is 12.3. The first-order chi connectivity index (χ1) is 27.3. The van der Waals surface area contributed by atoms with E-state index in [9.17, 15) is 0 Å². The van der Waals surface area contributed by atoms with Gasteiger partial charge in [-0.1, -0.05) is 156 Å². The monoisotopic (exact) mass is 723 g/mol. The molecule has 0 unspecified atom stereocenters. The fraction of sp³-hybridized carbons (Fsp3) is 0.164. The molecule has 6 aromatic carbocycles. The lowest BCUT2D eigenvalue weighted by Gasteiger charge is -2.23. The van der Waals surface area contributed by atoms with Gasteiger partial charge in [0.1, 0.15) is 0 Å². The lowest BCUT2D eigenvalue weighted by atomic mass is 9.81. The molecule has 0 radical (unpaired) electrons. The smallest absolute Gasteiger partial charge is 0.0537 e. The molecule has 7 aromatic rings. The van der Waals surface area contributed by atoms with E-state index in [0.717, 1.165) is 12.8 Å². The van der Waals surface area contributed by atoms with Crippen LogP contribution in [0.4, 0.5) is 0 Å². The Bertz CT molecular complexity index is 2770. The molecule has 0 fully saturated rings. The third kappa shape index (κ3) is 5.85. The molecule has 2 aliphatic rings. The van der Waals surface area contributed by atoms with Crippen molar-refractivity contribution in [2.75, 3.05) is 0 Å². The van der Waals surface area contributed by atoms with Gasteiger partial charge in [-0.15, -0.1) is 0 Å². The topological polar surface area (TPSA) is 4.93 Å². The normalized spacial score (nSPS) is 14.2. The number of nitrogens with zero attached hydrogens (tertiary/aromatic N) is 1. The van der Waals surface area contributed by atoms with Gasteiger partial charge in [-0.3, -0.25) is 0 Å². The van der Waals surface area contributed by atoms with Crippen molar-refractivity contribution >= 4 is 23.2 Å². The largest absolute Gasteiger partial charge is 0.316 e. The summed E-state index contributed by atoms with van der Waals surface area (Å²) in [6, 6.07) is 46.0. The van der Waals surface area contributed by atoms with E-state index >= 15 is 0 Å². The van der Waals surface area contributed by atoms with Gasteiger partial charge in [0, 0.05) is 22.7 Å². The Hall–Kier alpha value is -6.18. The van der Waals surface area contributed by atoms with Crippen molar-refractivity contribution in [3.63, 3.8) is 0 Å². The highest BCUT2D eigenvalue weighted by atomic mass is 15.0. The van der Waals surface area contributed by atoms with Gasteiger partial charge in [-0.2, -0.15) is 0 Å². The molecule has 56 heavy (non-hydrogen) atoms. The van der Waals surface area contributed by atoms with Crippen LogP contribution in [0.2, 0.25) is 0 Å². The average Bonchev–Trinajstić information content (AvgIpc) is 3.65. The van der Waals surface area contributed by atoms with Crippen LogP contribution in [0, 0.1) is 6.92 Å². The van der Waals surface area contributed by atoms with Crippen molar-refractivity contribution in [1.82, 2.24) is 4.57 Å². The van der Waals surface area contributed by atoms with Gasteiger partial charge in [-0.25, -0.2) is 0 Å². The minimum atomic E-state index is -0.0631. The summed E-state index contributed by atoms with van der Waals surface area (Å²) in [7, 11) is 0. The van der Waals surface area contributed by atoms with E-state index in [1.165, 1.54) is 100 Å². The Morgan fingerprint density at radius 1 is 0.625 bits per heavy atom. The quantitative estimate of drug-likeness (QED) is 0.138. The van der Waals surface area contributed by atoms with Crippen LogP contribution >= 0.6 is 0 Å². The Morgan fingerprint density at radius 3 is 2.05 bits per heavy atom. The predicted molar refractivity (Wildman–Crippen MR) is 242 cm³/mol. The van der Waals surface area contributed by atoms with Crippen LogP contribution in [-0.2, 0) is 11.8 Å². The Morgan fingerprint density at radius 2 is 1.29 bits per heavy atom.